The summed E-state index contributed by atoms with van der Waals surface area (Å²) in [7, 11) is 0. The minimum absolute atomic E-state index is 0.00412. The summed E-state index contributed by atoms with van der Waals surface area (Å²) < 4.78 is 5.12. The molecule has 1 aromatic heterocycles. The Bertz CT molecular complexity index is 328. The van der Waals surface area contributed by atoms with Gasteiger partial charge >= 0.3 is 5.97 Å². The molecule has 4 heteroatoms. The van der Waals surface area contributed by atoms with Crippen LogP contribution in [0.25, 0.3) is 0 Å². The molecule has 1 rings (SSSR count). The highest BCUT2D eigenvalue weighted by Crippen LogP contribution is 2.15. The first-order valence-corrected chi connectivity index (χ1v) is 4.76. The fourth-order valence-corrected chi connectivity index (χ4v) is 1.24. The van der Waals surface area contributed by atoms with E-state index in [0.29, 0.717) is 30.3 Å². The summed E-state index contributed by atoms with van der Waals surface area (Å²) in [5.74, 6) is -0.163. The fraction of sp³-hybridized carbons (Fsp3) is 0.600. The summed E-state index contributed by atoms with van der Waals surface area (Å²) in [6.07, 6.45) is 1.27. The molecule has 14 heavy (non-hydrogen) atoms. The number of oxazole rings is 1. The second kappa shape index (κ2) is 4.26. The summed E-state index contributed by atoms with van der Waals surface area (Å²) in [5.41, 5.74) is 0.560. The molecule has 1 N–H and O–H groups in total. The zero-order chi connectivity index (χ0) is 10.7. The van der Waals surface area contributed by atoms with Crippen LogP contribution in [0.5, 0.6) is 0 Å². The van der Waals surface area contributed by atoms with Gasteiger partial charge in [-0.3, -0.25) is 0 Å². The van der Waals surface area contributed by atoms with Crippen molar-refractivity contribution in [3.05, 3.63) is 17.3 Å². The molecule has 0 unspecified atom stereocenters. The topological polar surface area (TPSA) is 63.3 Å². The third kappa shape index (κ3) is 2.34. The van der Waals surface area contributed by atoms with E-state index in [-0.39, 0.29) is 5.76 Å². The van der Waals surface area contributed by atoms with Gasteiger partial charge in [-0.2, -0.15) is 0 Å². The average molecular weight is 197 g/mol. The van der Waals surface area contributed by atoms with Gasteiger partial charge in [-0.15, -0.1) is 0 Å². The molecule has 0 bridgehead atoms. The van der Waals surface area contributed by atoms with Crippen molar-refractivity contribution in [1.29, 1.82) is 0 Å². The largest absolute Gasteiger partial charge is 0.475 e. The molecule has 0 radical (unpaired) electrons. The van der Waals surface area contributed by atoms with Crippen LogP contribution < -0.4 is 0 Å². The molecule has 0 fully saturated rings. The van der Waals surface area contributed by atoms with E-state index >= 15 is 0 Å². The lowest BCUT2D eigenvalue weighted by atomic mass is 10.1. The lowest BCUT2D eigenvalue weighted by molar-refractivity contribution is 0.0658. The van der Waals surface area contributed by atoms with Crippen LogP contribution in [0.1, 0.15) is 42.9 Å². The maximum atomic E-state index is 10.8. The van der Waals surface area contributed by atoms with Crippen LogP contribution in [-0.4, -0.2) is 16.1 Å². The van der Waals surface area contributed by atoms with Crippen molar-refractivity contribution in [1.82, 2.24) is 4.98 Å². The Kier molecular flexibility index (Phi) is 3.28. The van der Waals surface area contributed by atoms with Crippen LogP contribution in [0.15, 0.2) is 4.42 Å². The van der Waals surface area contributed by atoms with Gasteiger partial charge in [0.05, 0.1) is 5.69 Å². The fourth-order valence-electron chi connectivity index (χ4n) is 1.24. The Hall–Kier alpha value is -1.32. The number of hydrogen-bond acceptors (Lipinski definition) is 3. The van der Waals surface area contributed by atoms with E-state index < -0.39 is 5.97 Å². The van der Waals surface area contributed by atoms with Gasteiger partial charge < -0.3 is 9.52 Å². The molecule has 0 saturated carbocycles. The minimum Gasteiger partial charge on any atom is -0.475 e. The molecule has 78 valence electrons. The summed E-state index contributed by atoms with van der Waals surface area (Å²) in [4.78, 5) is 14.9. The first-order chi connectivity index (χ1) is 6.54. The van der Waals surface area contributed by atoms with Gasteiger partial charge in [0.25, 0.3) is 0 Å². The van der Waals surface area contributed by atoms with Crippen molar-refractivity contribution in [3.63, 3.8) is 0 Å². The van der Waals surface area contributed by atoms with Crippen LogP contribution in [0.3, 0.4) is 0 Å². The molecule has 0 aliphatic carbocycles. The van der Waals surface area contributed by atoms with Crippen LogP contribution in [0.4, 0.5) is 0 Å². The predicted octanol–water partition coefficient (Wildman–Crippen LogP) is 2.13. The van der Waals surface area contributed by atoms with E-state index in [2.05, 4.69) is 4.98 Å². The van der Waals surface area contributed by atoms with Crippen molar-refractivity contribution >= 4 is 5.97 Å². The van der Waals surface area contributed by atoms with E-state index in [1.165, 1.54) is 0 Å². The average Bonchev–Trinajstić information content (AvgIpc) is 2.46. The molecule has 0 aromatic carbocycles. The summed E-state index contributed by atoms with van der Waals surface area (Å²) >= 11 is 0. The number of aryl methyl sites for hydroxylation is 1. The van der Waals surface area contributed by atoms with Gasteiger partial charge in [0.2, 0.25) is 5.76 Å². The number of nitrogens with zero attached hydrogens (tertiary/aromatic N) is 1. The van der Waals surface area contributed by atoms with Crippen LogP contribution in [0, 0.1) is 5.92 Å². The van der Waals surface area contributed by atoms with Crippen LogP contribution >= 0.6 is 0 Å². The number of carboxylic acid groups (broad SMARTS) is 1. The zero-order valence-electron chi connectivity index (χ0n) is 8.70. The number of aromatic carboxylic acids is 1. The summed E-state index contributed by atoms with van der Waals surface area (Å²) in [6, 6.07) is 0. The van der Waals surface area contributed by atoms with E-state index in [1.54, 1.807) is 0 Å². The lowest BCUT2D eigenvalue weighted by Crippen LogP contribution is -2.03. The Balaban J connectivity index is 2.99. The maximum Gasteiger partial charge on any atom is 0.373 e. The van der Waals surface area contributed by atoms with Gasteiger partial charge in [-0.1, -0.05) is 20.8 Å². The second-order valence-corrected chi connectivity index (χ2v) is 3.64. The quantitative estimate of drug-likeness (QED) is 0.803. The number of carboxylic acids is 1. The first-order valence-electron chi connectivity index (χ1n) is 4.76. The van der Waals surface area contributed by atoms with E-state index in [0.717, 1.165) is 0 Å². The Morgan fingerprint density at radius 2 is 2.21 bits per heavy atom. The van der Waals surface area contributed by atoms with Crippen LogP contribution in [-0.2, 0) is 12.8 Å². The highest BCUT2D eigenvalue weighted by molar-refractivity contribution is 5.85. The monoisotopic (exact) mass is 197 g/mol. The minimum atomic E-state index is -1.03. The van der Waals surface area contributed by atoms with E-state index in [1.807, 2.05) is 20.8 Å². The maximum absolute atomic E-state index is 10.8. The van der Waals surface area contributed by atoms with E-state index in [4.69, 9.17) is 9.52 Å². The molecule has 1 heterocycles. The Morgan fingerprint density at radius 1 is 1.57 bits per heavy atom. The molecular weight excluding hydrogens is 182 g/mol. The first kappa shape index (κ1) is 10.8. The van der Waals surface area contributed by atoms with E-state index in [9.17, 15) is 4.79 Å². The third-order valence-corrected chi connectivity index (χ3v) is 1.84. The van der Waals surface area contributed by atoms with Gasteiger partial charge in [-0.25, -0.2) is 9.78 Å². The predicted molar refractivity (Wildman–Crippen MR) is 51.4 cm³/mol. The number of rotatable bonds is 4. The smallest absolute Gasteiger partial charge is 0.373 e. The van der Waals surface area contributed by atoms with Gasteiger partial charge in [0.1, 0.15) is 0 Å². The lowest BCUT2D eigenvalue weighted by Gasteiger charge is -1.99. The Labute approximate surface area is 83.0 Å². The van der Waals surface area contributed by atoms with Crippen molar-refractivity contribution in [2.75, 3.05) is 0 Å². The standard InChI is InChI=1S/C10H15NO3/c1-4-8-11-7(5-6(2)3)9(14-8)10(12)13/h6H,4-5H2,1-3H3,(H,12,13). The second-order valence-electron chi connectivity index (χ2n) is 3.64. The molecular formula is C10H15NO3. The van der Waals surface area contributed by atoms with Crippen molar-refractivity contribution in [3.8, 4) is 0 Å². The highest BCUT2D eigenvalue weighted by Gasteiger charge is 2.19. The number of carbonyl (C=O) groups is 1. The number of aromatic nitrogens is 1. The SMILES string of the molecule is CCc1nc(CC(C)C)c(C(=O)O)o1. The summed E-state index contributed by atoms with van der Waals surface area (Å²) in [5, 5.41) is 8.85. The van der Waals surface area contributed by atoms with Gasteiger partial charge in [0, 0.05) is 6.42 Å². The molecule has 0 spiro atoms. The molecule has 4 nitrogen and oxygen atoms in total. The van der Waals surface area contributed by atoms with Crippen LogP contribution in [0.2, 0.25) is 0 Å². The molecule has 0 amide bonds. The zero-order valence-corrected chi connectivity index (χ0v) is 8.70. The van der Waals surface area contributed by atoms with Crippen molar-refractivity contribution in [2.45, 2.75) is 33.6 Å². The normalized spacial score (nSPS) is 10.9. The van der Waals surface area contributed by atoms with Gasteiger partial charge in [0.15, 0.2) is 5.89 Å². The molecule has 1 aromatic rings. The van der Waals surface area contributed by atoms with Crippen molar-refractivity contribution < 1.29 is 14.3 Å². The summed E-state index contributed by atoms with van der Waals surface area (Å²) in [6.45, 7) is 5.93. The van der Waals surface area contributed by atoms with Crippen molar-refractivity contribution in [2.24, 2.45) is 5.92 Å². The Morgan fingerprint density at radius 3 is 2.64 bits per heavy atom. The highest BCUT2D eigenvalue weighted by atomic mass is 16.4. The van der Waals surface area contributed by atoms with Gasteiger partial charge in [-0.05, 0) is 12.3 Å². The number of hydrogen-bond donors (Lipinski definition) is 1. The molecule has 0 atom stereocenters. The molecule has 0 saturated heterocycles. The molecule has 0 aliphatic heterocycles. The third-order valence-electron chi connectivity index (χ3n) is 1.84. The molecule has 0 aliphatic rings.